The van der Waals surface area contributed by atoms with Gasteiger partial charge in [0, 0.05) is 40.8 Å². The number of aromatic nitrogens is 2. The molecule has 0 aromatic carbocycles. The molecule has 0 spiro atoms. The number of carbonyl (C=O) groups excluding carboxylic acids is 1. The SMILES string of the molecule is CCc1cc(CNCCNC(=O)N(C)C)n(C)n1. The fourth-order valence-electron chi connectivity index (χ4n) is 1.54. The first-order chi connectivity index (χ1) is 8.54. The molecule has 0 bridgehead atoms. The Morgan fingerprint density at radius 2 is 2.17 bits per heavy atom. The van der Waals surface area contributed by atoms with Crippen LogP contribution in [-0.2, 0) is 20.0 Å². The van der Waals surface area contributed by atoms with E-state index in [1.165, 1.54) is 4.90 Å². The van der Waals surface area contributed by atoms with E-state index in [0.29, 0.717) is 6.54 Å². The third-order valence-electron chi connectivity index (χ3n) is 2.68. The van der Waals surface area contributed by atoms with Gasteiger partial charge in [0.1, 0.15) is 0 Å². The second-order valence-electron chi connectivity index (χ2n) is 4.41. The molecular weight excluding hydrogens is 230 g/mol. The maximum atomic E-state index is 11.2. The van der Waals surface area contributed by atoms with Crippen LogP contribution in [0.3, 0.4) is 0 Å². The van der Waals surface area contributed by atoms with E-state index in [1.54, 1.807) is 14.1 Å². The Morgan fingerprint density at radius 3 is 2.72 bits per heavy atom. The average molecular weight is 253 g/mol. The second kappa shape index (κ2) is 7.00. The molecule has 6 heteroatoms. The molecule has 0 saturated carbocycles. The van der Waals surface area contributed by atoms with Crippen LogP contribution < -0.4 is 10.6 Å². The molecule has 102 valence electrons. The fourth-order valence-corrected chi connectivity index (χ4v) is 1.54. The number of nitrogens with one attached hydrogen (secondary N) is 2. The summed E-state index contributed by atoms with van der Waals surface area (Å²) in [5.41, 5.74) is 2.26. The van der Waals surface area contributed by atoms with Crippen LogP contribution in [0.4, 0.5) is 4.79 Å². The Morgan fingerprint density at radius 1 is 1.44 bits per heavy atom. The summed E-state index contributed by atoms with van der Waals surface area (Å²) in [7, 11) is 5.40. The Labute approximate surface area is 108 Å². The van der Waals surface area contributed by atoms with Crippen molar-refractivity contribution in [3.8, 4) is 0 Å². The summed E-state index contributed by atoms with van der Waals surface area (Å²) in [6.45, 7) is 4.22. The second-order valence-corrected chi connectivity index (χ2v) is 4.41. The van der Waals surface area contributed by atoms with E-state index in [9.17, 15) is 4.79 Å². The van der Waals surface area contributed by atoms with Crippen molar-refractivity contribution in [3.05, 3.63) is 17.5 Å². The zero-order valence-electron chi connectivity index (χ0n) is 11.7. The van der Waals surface area contributed by atoms with Gasteiger partial charge in [0.05, 0.1) is 11.4 Å². The molecular formula is C12H23N5O. The summed E-state index contributed by atoms with van der Waals surface area (Å²) in [6, 6.07) is 2.04. The molecule has 1 aromatic heterocycles. The van der Waals surface area contributed by atoms with Crippen molar-refractivity contribution in [1.82, 2.24) is 25.3 Å². The maximum absolute atomic E-state index is 11.2. The molecule has 0 radical (unpaired) electrons. The number of aryl methyl sites for hydroxylation is 2. The maximum Gasteiger partial charge on any atom is 0.316 e. The summed E-state index contributed by atoms with van der Waals surface area (Å²) in [5, 5.41) is 10.5. The number of amides is 2. The van der Waals surface area contributed by atoms with Crippen molar-refractivity contribution in [2.75, 3.05) is 27.2 Å². The summed E-state index contributed by atoms with van der Waals surface area (Å²) in [6.07, 6.45) is 0.951. The Hall–Kier alpha value is -1.56. The van der Waals surface area contributed by atoms with Crippen molar-refractivity contribution in [2.45, 2.75) is 19.9 Å². The normalized spacial score (nSPS) is 10.4. The number of hydrogen-bond acceptors (Lipinski definition) is 3. The number of carbonyl (C=O) groups is 1. The number of hydrogen-bond donors (Lipinski definition) is 2. The van der Waals surface area contributed by atoms with Crippen LogP contribution in [0.25, 0.3) is 0 Å². The van der Waals surface area contributed by atoms with Gasteiger partial charge in [0.2, 0.25) is 0 Å². The van der Waals surface area contributed by atoms with Crippen molar-refractivity contribution >= 4 is 6.03 Å². The molecule has 1 heterocycles. The largest absolute Gasteiger partial charge is 0.337 e. The predicted molar refractivity (Wildman–Crippen MR) is 71.4 cm³/mol. The summed E-state index contributed by atoms with van der Waals surface area (Å²) in [4.78, 5) is 12.8. The molecule has 0 aliphatic heterocycles. The van der Waals surface area contributed by atoms with Gasteiger partial charge in [-0.15, -0.1) is 0 Å². The van der Waals surface area contributed by atoms with Gasteiger partial charge in [-0.2, -0.15) is 5.10 Å². The van der Waals surface area contributed by atoms with Crippen molar-refractivity contribution < 1.29 is 4.79 Å². The molecule has 0 aliphatic rings. The molecule has 2 N–H and O–H groups in total. The van der Waals surface area contributed by atoms with Gasteiger partial charge >= 0.3 is 6.03 Å². The van der Waals surface area contributed by atoms with E-state index in [-0.39, 0.29) is 6.03 Å². The minimum absolute atomic E-state index is 0.0643. The van der Waals surface area contributed by atoms with Crippen LogP contribution >= 0.6 is 0 Å². The Kier molecular flexibility index (Phi) is 5.64. The monoisotopic (exact) mass is 253 g/mol. The standard InChI is InChI=1S/C12H23N5O/c1-5-10-8-11(17(4)15-10)9-13-6-7-14-12(18)16(2)3/h8,13H,5-7,9H2,1-4H3,(H,14,18). The van der Waals surface area contributed by atoms with Crippen LogP contribution in [0, 0.1) is 0 Å². The molecule has 0 saturated heterocycles. The topological polar surface area (TPSA) is 62.2 Å². The molecule has 0 atom stereocenters. The van der Waals surface area contributed by atoms with E-state index >= 15 is 0 Å². The number of urea groups is 1. The lowest BCUT2D eigenvalue weighted by molar-refractivity contribution is 0.217. The molecule has 1 rings (SSSR count). The van der Waals surface area contributed by atoms with Gasteiger partial charge in [-0.05, 0) is 12.5 Å². The van der Waals surface area contributed by atoms with Gasteiger partial charge in [0.25, 0.3) is 0 Å². The van der Waals surface area contributed by atoms with Crippen molar-refractivity contribution in [2.24, 2.45) is 7.05 Å². The Balaban J connectivity index is 2.21. The number of nitrogens with zero attached hydrogens (tertiary/aromatic N) is 3. The quantitative estimate of drug-likeness (QED) is 0.719. The zero-order valence-corrected chi connectivity index (χ0v) is 11.7. The smallest absolute Gasteiger partial charge is 0.316 e. The minimum Gasteiger partial charge on any atom is -0.337 e. The molecule has 0 unspecified atom stereocenters. The van der Waals surface area contributed by atoms with E-state index in [1.807, 2.05) is 11.7 Å². The summed E-state index contributed by atoms with van der Waals surface area (Å²) >= 11 is 0. The first-order valence-corrected chi connectivity index (χ1v) is 6.22. The first kappa shape index (κ1) is 14.5. The van der Waals surface area contributed by atoms with Gasteiger partial charge in [-0.3, -0.25) is 4.68 Å². The lowest BCUT2D eigenvalue weighted by Crippen LogP contribution is -2.38. The van der Waals surface area contributed by atoms with Gasteiger partial charge in [0.15, 0.2) is 0 Å². The van der Waals surface area contributed by atoms with Crippen LogP contribution in [0.1, 0.15) is 18.3 Å². The van der Waals surface area contributed by atoms with Crippen molar-refractivity contribution in [3.63, 3.8) is 0 Å². The average Bonchev–Trinajstić information content (AvgIpc) is 2.69. The highest BCUT2D eigenvalue weighted by atomic mass is 16.2. The van der Waals surface area contributed by atoms with Gasteiger partial charge in [-0.1, -0.05) is 6.92 Å². The third kappa shape index (κ3) is 4.37. The molecule has 1 aromatic rings. The van der Waals surface area contributed by atoms with Gasteiger partial charge in [-0.25, -0.2) is 4.79 Å². The molecule has 6 nitrogen and oxygen atoms in total. The highest BCUT2D eigenvalue weighted by Crippen LogP contribution is 2.02. The van der Waals surface area contributed by atoms with Crippen LogP contribution in [0.15, 0.2) is 6.07 Å². The number of rotatable bonds is 6. The summed E-state index contributed by atoms with van der Waals surface area (Å²) < 4.78 is 1.89. The molecule has 2 amide bonds. The highest BCUT2D eigenvalue weighted by Gasteiger charge is 2.03. The molecule has 0 aliphatic carbocycles. The van der Waals surface area contributed by atoms with Crippen LogP contribution in [0.5, 0.6) is 0 Å². The first-order valence-electron chi connectivity index (χ1n) is 6.22. The van der Waals surface area contributed by atoms with Crippen molar-refractivity contribution in [1.29, 1.82) is 0 Å². The molecule has 18 heavy (non-hydrogen) atoms. The minimum atomic E-state index is -0.0643. The van der Waals surface area contributed by atoms with E-state index < -0.39 is 0 Å². The highest BCUT2D eigenvalue weighted by molar-refractivity contribution is 5.73. The van der Waals surface area contributed by atoms with Crippen LogP contribution in [-0.4, -0.2) is 47.9 Å². The third-order valence-corrected chi connectivity index (χ3v) is 2.68. The van der Waals surface area contributed by atoms with E-state index in [0.717, 1.165) is 30.9 Å². The van der Waals surface area contributed by atoms with Crippen LogP contribution in [0.2, 0.25) is 0 Å². The zero-order chi connectivity index (χ0) is 13.5. The Bertz CT molecular complexity index is 386. The predicted octanol–water partition coefficient (Wildman–Crippen LogP) is 0.343. The summed E-state index contributed by atoms with van der Waals surface area (Å²) in [5.74, 6) is 0. The lowest BCUT2D eigenvalue weighted by Gasteiger charge is -2.12. The van der Waals surface area contributed by atoms with E-state index in [4.69, 9.17) is 0 Å². The van der Waals surface area contributed by atoms with Gasteiger partial charge < -0.3 is 15.5 Å². The molecule has 0 fully saturated rings. The fraction of sp³-hybridized carbons (Fsp3) is 0.667. The van der Waals surface area contributed by atoms with E-state index in [2.05, 4.69) is 28.7 Å². The lowest BCUT2D eigenvalue weighted by atomic mass is 10.3.